The molecule has 3 rings (SSSR count). The molecule has 5 nitrogen and oxygen atoms in total. The molecule has 5 heteroatoms. The smallest absolute Gasteiger partial charge is 0.309 e. The van der Waals surface area contributed by atoms with E-state index in [9.17, 15) is 9.59 Å². The third-order valence-electron chi connectivity index (χ3n) is 5.29. The molecule has 1 saturated carbocycles. The molecule has 0 aromatic carbocycles. The quantitative estimate of drug-likeness (QED) is 0.694. The number of carbonyl (C=O) groups is 2. The molecule has 21 heavy (non-hydrogen) atoms. The maximum Gasteiger partial charge on any atom is 0.309 e. The van der Waals surface area contributed by atoms with Crippen molar-refractivity contribution in [2.45, 2.75) is 52.2 Å². The first-order valence-electron chi connectivity index (χ1n) is 7.57. The van der Waals surface area contributed by atoms with E-state index in [2.05, 4.69) is 0 Å². The van der Waals surface area contributed by atoms with E-state index in [0.717, 1.165) is 24.2 Å². The van der Waals surface area contributed by atoms with Crippen LogP contribution >= 0.6 is 0 Å². The molecule has 0 amide bonds. The fraction of sp³-hybridized carbons (Fsp3) is 0.750. The van der Waals surface area contributed by atoms with Crippen molar-refractivity contribution in [2.75, 3.05) is 6.61 Å². The fourth-order valence-corrected chi connectivity index (χ4v) is 4.06. The van der Waals surface area contributed by atoms with E-state index in [1.165, 1.54) is 6.92 Å². The van der Waals surface area contributed by atoms with Crippen LogP contribution in [0.15, 0.2) is 11.3 Å². The molecule has 1 aliphatic carbocycles. The summed E-state index contributed by atoms with van der Waals surface area (Å²) in [6.07, 6.45) is 1.31. The second kappa shape index (κ2) is 4.75. The number of allylic oxidation sites excluding steroid dienone is 1. The maximum atomic E-state index is 11.9. The van der Waals surface area contributed by atoms with Crippen LogP contribution in [0.2, 0.25) is 0 Å². The van der Waals surface area contributed by atoms with Crippen LogP contribution in [0.1, 0.15) is 40.5 Å². The lowest BCUT2D eigenvalue weighted by atomic mass is 9.81. The Morgan fingerprint density at radius 1 is 1.43 bits per heavy atom. The normalized spacial score (nSPS) is 41.8. The Balaban J connectivity index is 2.01. The van der Waals surface area contributed by atoms with Gasteiger partial charge in [0.25, 0.3) is 0 Å². The van der Waals surface area contributed by atoms with Crippen LogP contribution in [0.25, 0.3) is 0 Å². The fourth-order valence-electron chi connectivity index (χ4n) is 4.06. The molecule has 2 fully saturated rings. The van der Waals surface area contributed by atoms with Gasteiger partial charge in [0, 0.05) is 18.4 Å². The van der Waals surface area contributed by atoms with Crippen LogP contribution in [-0.2, 0) is 23.8 Å². The second-order valence-corrected chi connectivity index (χ2v) is 6.63. The van der Waals surface area contributed by atoms with Crippen LogP contribution in [0, 0.1) is 17.8 Å². The van der Waals surface area contributed by atoms with E-state index in [1.807, 2.05) is 20.8 Å². The summed E-state index contributed by atoms with van der Waals surface area (Å²) in [4.78, 5) is 23.4. The molecule has 116 valence electrons. The van der Waals surface area contributed by atoms with E-state index in [-0.39, 0.29) is 35.8 Å². The van der Waals surface area contributed by atoms with Crippen molar-refractivity contribution in [1.29, 1.82) is 0 Å². The van der Waals surface area contributed by atoms with Gasteiger partial charge in [-0.05, 0) is 26.7 Å². The van der Waals surface area contributed by atoms with Crippen molar-refractivity contribution in [3.63, 3.8) is 0 Å². The number of carbonyl (C=O) groups excluding carboxylic acids is 2. The third kappa shape index (κ3) is 2.14. The summed E-state index contributed by atoms with van der Waals surface area (Å²) in [5.41, 5.74) is 0.425. The molecule has 0 radical (unpaired) electrons. The van der Waals surface area contributed by atoms with E-state index in [1.54, 1.807) is 0 Å². The molecule has 2 aliphatic heterocycles. The summed E-state index contributed by atoms with van der Waals surface area (Å²) in [7, 11) is 0. The highest BCUT2D eigenvalue weighted by Gasteiger charge is 2.55. The van der Waals surface area contributed by atoms with Gasteiger partial charge in [-0.1, -0.05) is 6.92 Å². The predicted molar refractivity (Wildman–Crippen MR) is 74.1 cm³/mol. The molecule has 2 heterocycles. The average molecular weight is 294 g/mol. The lowest BCUT2D eigenvalue weighted by molar-refractivity contribution is -0.161. The minimum atomic E-state index is -0.588. The number of rotatable bonds is 1. The summed E-state index contributed by atoms with van der Waals surface area (Å²) in [6.45, 7) is 7.71. The predicted octanol–water partition coefficient (Wildman–Crippen LogP) is 2.20. The highest BCUT2D eigenvalue weighted by atomic mass is 16.6. The minimum absolute atomic E-state index is 0.0329. The summed E-state index contributed by atoms with van der Waals surface area (Å²) < 4.78 is 17.0. The third-order valence-corrected chi connectivity index (χ3v) is 5.29. The van der Waals surface area contributed by atoms with E-state index >= 15 is 0 Å². The number of hydrogen-bond donors (Lipinski definition) is 0. The van der Waals surface area contributed by atoms with Crippen molar-refractivity contribution >= 4 is 11.9 Å². The number of hydrogen-bond acceptors (Lipinski definition) is 5. The number of ether oxygens (including phenoxy) is 3. The molecule has 0 bridgehead atoms. The molecule has 3 aliphatic rings. The van der Waals surface area contributed by atoms with Gasteiger partial charge in [-0.25, -0.2) is 0 Å². The maximum absolute atomic E-state index is 11.9. The summed E-state index contributed by atoms with van der Waals surface area (Å²) >= 11 is 0. The van der Waals surface area contributed by atoms with Gasteiger partial charge in [0.15, 0.2) is 0 Å². The Morgan fingerprint density at radius 3 is 2.81 bits per heavy atom. The van der Waals surface area contributed by atoms with Gasteiger partial charge in [-0.3, -0.25) is 9.59 Å². The van der Waals surface area contributed by atoms with Crippen molar-refractivity contribution < 1.29 is 23.8 Å². The first kappa shape index (κ1) is 14.4. The molecule has 0 unspecified atom stereocenters. The lowest BCUT2D eigenvalue weighted by Gasteiger charge is -2.34. The molecule has 5 atom stereocenters. The zero-order chi connectivity index (χ0) is 15.4. The Hall–Kier alpha value is -1.52. The summed E-state index contributed by atoms with van der Waals surface area (Å²) in [5.74, 6) is 0.400. The highest BCUT2D eigenvalue weighted by molar-refractivity contribution is 5.75. The largest absolute Gasteiger partial charge is 0.497 e. The average Bonchev–Trinajstić information content (AvgIpc) is 2.85. The lowest BCUT2D eigenvalue weighted by Crippen LogP contribution is -2.41. The van der Waals surface area contributed by atoms with Gasteiger partial charge in [0.05, 0.1) is 24.2 Å². The van der Waals surface area contributed by atoms with Crippen LogP contribution < -0.4 is 0 Å². The Morgan fingerprint density at radius 2 is 2.14 bits per heavy atom. The molecule has 1 saturated heterocycles. The molecule has 0 spiro atoms. The monoisotopic (exact) mass is 294 g/mol. The topological polar surface area (TPSA) is 61.8 Å². The van der Waals surface area contributed by atoms with Crippen LogP contribution in [0.4, 0.5) is 0 Å². The van der Waals surface area contributed by atoms with E-state index < -0.39 is 5.60 Å². The number of esters is 2. The van der Waals surface area contributed by atoms with Gasteiger partial charge in [-0.2, -0.15) is 0 Å². The molecular formula is C16H22O5. The van der Waals surface area contributed by atoms with Crippen LogP contribution in [0.3, 0.4) is 0 Å². The van der Waals surface area contributed by atoms with Crippen LogP contribution in [0.5, 0.6) is 0 Å². The van der Waals surface area contributed by atoms with Crippen LogP contribution in [-0.4, -0.2) is 30.3 Å². The van der Waals surface area contributed by atoms with Crippen molar-refractivity contribution in [1.82, 2.24) is 0 Å². The van der Waals surface area contributed by atoms with Crippen molar-refractivity contribution in [3.05, 3.63) is 11.3 Å². The van der Waals surface area contributed by atoms with Gasteiger partial charge >= 0.3 is 11.9 Å². The zero-order valence-electron chi connectivity index (χ0n) is 13.0. The van der Waals surface area contributed by atoms with Crippen molar-refractivity contribution in [2.24, 2.45) is 17.8 Å². The summed E-state index contributed by atoms with van der Waals surface area (Å²) in [5, 5.41) is 0. The molecule has 0 aromatic heterocycles. The molecule has 0 aromatic rings. The second-order valence-electron chi connectivity index (χ2n) is 6.63. The van der Waals surface area contributed by atoms with Gasteiger partial charge in [0.1, 0.15) is 11.7 Å². The van der Waals surface area contributed by atoms with Crippen molar-refractivity contribution in [3.8, 4) is 0 Å². The zero-order valence-corrected chi connectivity index (χ0v) is 13.0. The molecular weight excluding hydrogens is 272 g/mol. The standard InChI is InChI=1S/C16H22O5/c1-8-11-5-6-16(4,21-10(3)17)12-7-19-9(2)13(12)14(11)20-15(8)18/h8,11-12,14H,5-7H2,1-4H3/t8-,11-,12+,14-,16+/m0/s1. The Labute approximate surface area is 124 Å². The Bertz CT molecular complexity index is 523. The summed E-state index contributed by atoms with van der Waals surface area (Å²) in [6, 6.07) is 0. The number of fused-ring (bicyclic) bond motifs is 3. The van der Waals surface area contributed by atoms with Gasteiger partial charge < -0.3 is 14.2 Å². The molecule has 0 N–H and O–H groups in total. The van der Waals surface area contributed by atoms with Gasteiger partial charge in [-0.15, -0.1) is 0 Å². The first-order valence-corrected chi connectivity index (χ1v) is 7.57. The first-order chi connectivity index (χ1) is 9.83. The van der Waals surface area contributed by atoms with E-state index in [0.29, 0.717) is 6.61 Å². The highest BCUT2D eigenvalue weighted by Crippen LogP contribution is 2.50. The van der Waals surface area contributed by atoms with E-state index in [4.69, 9.17) is 14.2 Å². The SMILES string of the molecule is CC(=O)O[C@]1(C)CC[C@H]2[C@H](C)C(=O)O[C@@H]2C2=C(C)OC[C@H]21. The van der Waals surface area contributed by atoms with Gasteiger partial charge in [0.2, 0.25) is 0 Å². The minimum Gasteiger partial charge on any atom is -0.497 e. The Kier molecular flexibility index (Phi) is 3.26.